The fourth-order valence-corrected chi connectivity index (χ4v) is 3.70. The molecule has 2 heterocycles. The molecule has 8 nitrogen and oxygen atoms in total. The Balaban J connectivity index is 1.86. The van der Waals surface area contributed by atoms with Gasteiger partial charge in [-0.25, -0.2) is 4.98 Å². The van der Waals surface area contributed by atoms with Gasteiger partial charge in [-0.2, -0.15) is 0 Å². The summed E-state index contributed by atoms with van der Waals surface area (Å²) in [6.45, 7) is 2.44. The Bertz CT molecular complexity index is 890. The van der Waals surface area contributed by atoms with E-state index >= 15 is 0 Å². The van der Waals surface area contributed by atoms with E-state index in [-0.39, 0.29) is 17.6 Å². The first-order valence-electron chi connectivity index (χ1n) is 9.79. The van der Waals surface area contributed by atoms with Gasteiger partial charge < -0.3 is 21.1 Å². The van der Waals surface area contributed by atoms with Gasteiger partial charge in [-0.1, -0.05) is 19.3 Å². The molecule has 1 amide bonds. The molecule has 3 rings (SSSR count). The van der Waals surface area contributed by atoms with E-state index in [1.54, 1.807) is 12.3 Å². The second kappa shape index (κ2) is 8.97. The molecule has 0 unspecified atom stereocenters. The van der Waals surface area contributed by atoms with Gasteiger partial charge in [0.2, 0.25) is 5.75 Å². The number of hydrogen-bond acceptors (Lipinski definition) is 6. The molecule has 0 aromatic carbocycles. The number of nitrogens with zero attached hydrogens (tertiary/aromatic N) is 2. The maximum Gasteiger partial charge on any atom is 0.294 e. The highest BCUT2D eigenvalue weighted by atomic mass is 16.3. The first-order valence-corrected chi connectivity index (χ1v) is 9.79. The van der Waals surface area contributed by atoms with Gasteiger partial charge in [-0.15, -0.1) is 0 Å². The summed E-state index contributed by atoms with van der Waals surface area (Å²) in [4.78, 5) is 35.7. The summed E-state index contributed by atoms with van der Waals surface area (Å²) < 4.78 is 0. The van der Waals surface area contributed by atoms with Crippen molar-refractivity contribution in [1.29, 1.82) is 0 Å². The van der Waals surface area contributed by atoms with Gasteiger partial charge in [-0.3, -0.25) is 14.6 Å². The molecular formula is C20H27N5O3. The first-order chi connectivity index (χ1) is 13.5. The van der Waals surface area contributed by atoms with Crippen molar-refractivity contribution in [3.05, 3.63) is 39.9 Å². The summed E-state index contributed by atoms with van der Waals surface area (Å²) in [5.41, 5.74) is 5.89. The first kappa shape index (κ1) is 20.0. The zero-order valence-electron chi connectivity index (χ0n) is 16.1. The van der Waals surface area contributed by atoms with Crippen LogP contribution in [0.5, 0.6) is 5.75 Å². The monoisotopic (exact) mass is 385 g/mol. The van der Waals surface area contributed by atoms with E-state index in [0.29, 0.717) is 24.6 Å². The van der Waals surface area contributed by atoms with Crippen LogP contribution in [0, 0.1) is 5.92 Å². The lowest BCUT2D eigenvalue weighted by molar-refractivity contribution is 0.0911. The molecule has 1 saturated carbocycles. The van der Waals surface area contributed by atoms with Gasteiger partial charge in [0.25, 0.3) is 11.5 Å². The molecule has 0 spiro atoms. The lowest BCUT2D eigenvalue weighted by Crippen LogP contribution is -2.39. The van der Waals surface area contributed by atoms with E-state index < -0.39 is 17.2 Å². The van der Waals surface area contributed by atoms with Gasteiger partial charge in [-0.05, 0) is 56.3 Å². The largest absolute Gasteiger partial charge is 0.501 e. The average Bonchev–Trinajstić information content (AvgIpc) is 2.71. The Morgan fingerprint density at radius 3 is 2.86 bits per heavy atom. The predicted molar refractivity (Wildman–Crippen MR) is 106 cm³/mol. The van der Waals surface area contributed by atoms with Crippen LogP contribution in [0.2, 0.25) is 0 Å². The number of rotatable bonds is 6. The van der Waals surface area contributed by atoms with Crippen molar-refractivity contribution in [2.75, 3.05) is 6.54 Å². The minimum Gasteiger partial charge on any atom is -0.501 e. The fourth-order valence-electron chi connectivity index (χ4n) is 3.70. The van der Waals surface area contributed by atoms with Gasteiger partial charge in [0, 0.05) is 12.2 Å². The van der Waals surface area contributed by atoms with Gasteiger partial charge in [0.05, 0.1) is 0 Å². The van der Waals surface area contributed by atoms with E-state index in [1.807, 2.05) is 13.0 Å². The fraction of sp³-hybridized carbons (Fsp3) is 0.500. The summed E-state index contributed by atoms with van der Waals surface area (Å²) in [7, 11) is 0. The molecule has 5 N–H and O–H groups in total. The number of carbonyl (C=O) groups excluding carboxylic acids is 1. The van der Waals surface area contributed by atoms with E-state index in [0.717, 1.165) is 31.2 Å². The molecule has 1 fully saturated rings. The van der Waals surface area contributed by atoms with Crippen LogP contribution in [0.4, 0.5) is 0 Å². The molecule has 1 aliphatic rings. The highest BCUT2D eigenvalue weighted by Gasteiger charge is 2.25. The van der Waals surface area contributed by atoms with Crippen LogP contribution < -0.4 is 16.6 Å². The van der Waals surface area contributed by atoms with Crippen LogP contribution in [0.25, 0.3) is 11.5 Å². The molecule has 1 aliphatic carbocycles. The van der Waals surface area contributed by atoms with Gasteiger partial charge in [0.15, 0.2) is 11.5 Å². The molecule has 150 valence electrons. The lowest BCUT2D eigenvalue weighted by atomic mass is 9.84. The second-order valence-electron chi connectivity index (χ2n) is 7.36. The minimum atomic E-state index is -0.772. The van der Waals surface area contributed by atoms with E-state index in [2.05, 4.69) is 20.3 Å². The number of nitrogens with two attached hydrogens (primary N) is 1. The zero-order chi connectivity index (χ0) is 20.1. The molecule has 0 radical (unpaired) electrons. The topological polar surface area (TPSA) is 134 Å². The van der Waals surface area contributed by atoms with Crippen molar-refractivity contribution in [3.8, 4) is 17.3 Å². The molecule has 8 heteroatoms. The average molecular weight is 385 g/mol. The Kier molecular flexibility index (Phi) is 6.41. The SMILES string of the molecule is C[C@@H](NC(=O)c1nc(-c2cc(CCN)ccn2)[nH]c(=O)c1O)C1CCCCC1. The van der Waals surface area contributed by atoms with Crippen LogP contribution in [0.1, 0.15) is 55.1 Å². The maximum absolute atomic E-state index is 12.7. The summed E-state index contributed by atoms with van der Waals surface area (Å²) in [5, 5.41) is 13.0. The minimum absolute atomic E-state index is 0.0530. The Morgan fingerprint density at radius 2 is 2.14 bits per heavy atom. The summed E-state index contributed by atoms with van der Waals surface area (Å²) in [5.74, 6) is -0.704. The Hall–Kier alpha value is -2.74. The molecule has 1 atom stereocenters. The van der Waals surface area contributed by atoms with Crippen molar-refractivity contribution in [2.45, 2.75) is 51.5 Å². The van der Waals surface area contributed by atoms with Gasteiger partial charge >= 0.3 is 0 Å². The van der Waals surface area contributed by atoms with Crippen LogP contribution in [0.15, 0.2) is 23.1 Å². The quantitative estimate of drug-likeness (QED) is 0.598. The van der Waals surface area contributed by atoms with E-state index in [9.17, 15) is 14.7 Å². The summed E-state index contributed by atoms with van der Waals surface area (Å²) in [6.07, 6.45) is 7.94. The third kappa shape index (κ3) is 4.56. The number of nitrogens with one attached hydrogen (secondary N) is 2. The molecule has 0 bridgehead atoms. The number of hydrogen-bond donors (Lipinski definition) is 4. The number of aromatic amines is 1. The highest BCUT2D eigenvalue weighted by Crippen LogP contribution is 2.26. The van der Waals surface area contributed by atoms with Crippen molar-refractivity contribution in [2.24, 2.45) is 11.7 Å². The number of carbonyl (C=O) groups is 1. The van der Waals surface area contributed by atoms with Crippen LogP contribution in [-0.4, -0.2) is 38.6 Å². The number of aromatic nitrogens is 3. The number of amides is 1. The smallest absolute Gasteiger partial charge is 0.294 e. The maximum atomic E-state index is 12.7. The highest BCUT2D eigenvalue weighted by molar-refractivity contribution is 5.95. The molecule has 2 aromatic rings. The van der Waals surface area contributed by atoms with E-state index in [1.165, 1.54) is 6.42 Å². The standard InChI is InChI=1S/C20H27N5O3/c1-12(14-5-3-2-4-6-14)23-19(27)16-17(26)20(28)25-18(24-16)15-11-13(7-9-21)8-10-22-15/h8,10-12,14,26H,2-7,9,21H2,1H3,(H,23,27)(H,24,25,28)/t12-/m1/s1. The lowest BCUT2D eigenvalue weighted by Gasteiger charge is -2.28. The Labute approximate surface area is 163 Å². The predicted octanol–water partition coefficient (Wildman–Crippen LogP) is 1.74. The molecule has 2 aromatic heterocycles. The van der Waals surface area contributed by atoms with Crippen molar-refractivity contribution < 1.29 is 9.90 Å². The summed E-state index contributed by atoms with van der Waals surface area (Å²) >= 11 is 0. The van der Waals surface area contributed by atoms with Gasteiger partial charge in [0.1, 0.15) is 5.69 Å². The number of pyridine rings is 1. The second-order valence-corrected chi connectivity index (χ2v) is 7.36. The molecule has 0 aliphatic heterocycles. The molecular weight excluding hydrogens is 358 g/mol. The van der Waals surface area contributed by atoms with Crippen molar-refractivity contribution in [3.63, 3.8) is 0 Å². The van der Waals surface area contributed by atoms with E-state index in [4.69, 9.17) is 5.73 Å². The third-order valence-electron chi connectivity index (χ3n) is 5.33. The number of H-pyrrole nitrogens is 1. The van der Waals surface area contributed by atoms with Crippen molar-refractivity contribution in [1.82, 2.24) is 20.3 Å². The zero-order valence-corrected chi connectivity index (χ0v) is 16.1. The van der Waals surface area contributed by atoms with Crippen LogP contribution in [0.3, 0.4) is 0 Å². The van der Waals surface area contributed by atoms with Crippen LogP contribution >= 0.6 is 0 Å². The summed E-state index contributed by atoms with van der Waals surface area (Å²) in [6, 6.07) is 3.53. The third-order valence-corrected chi connectivity index (χ3v) is 5.33. The van der Waals surface area contributed by atoms with Crippen LogP contribution in [-0.2, 0) is 6.42 Å². The Morgan fingerprint density at radius 1 is 1.39 bits per heavy atom. The normalized spacial score (nSPS) is 15.9. The number of aromatic hydroxyl groups is 1. The van der Waals surface area contributed by atoms with Crippen molar-refractivity contribution >= 4 is 5.91 Å². The molecule has 0 saturated heterocycles. The molecule has 28 heavy (non-hydrogen) atoms.